The molecule has 0 saturated carbocycles. The van der Waals surface area contributed by atoms with Crippen molar-refractivity contribution in [1.82, 2.24) is 0 Å². The zero-order valence-corrected chi connectivity index (χ0v) is 9.23. The second kappa shape index (κ2) is 5.92. The summed E-state index contributed by atoms with van der Waals surface area (Å²) >= 11 is 1.57. The van der Waals surface area contributed by atoms with E-state index in [2.05, 4.69) is 6.92 Å². The average Bonchev–Trinajstić information content (AvgIpc) is 2.19. The quantitative estimate of drug-likeness (QED) is 0.454. The maximum absolute atomic E-state index is 7.87. The SMILES string of the molecule is [B]CCc1ccccc1C(=N)SCC. The molecule has 0 aliphatic heterocycles. The van der Waals surface area contributed by atoms with Crippen LogP contribution in [-0.4, -0.2) is 18.6 Å². The fraction of sp³-hybridized carbons (Fsp3) is 0.364. The lowest BCUT2D eigenvalue weighted by Crippen LogP contribution is -2.00. The highest BCUT2D eigenvalue weighted by Crippen LogP contribution is 2.17. The molecule has 0 aliphatic rings. The van der Waals surface area contributed by atoms with E-state index in [1.54, 1.807) is 11.8 Å². The van der Waals surface area contributed by atoms with Gasteiger partial charge in [0, 0.05) is 5.56 Å². The minimum absolute atomic E-state index is 0.640. The molecular weight excluding hydrogens is 189 g/mol. The molecule has 3 heteroatoms. The molecule has 1 aromatic carbocycles. The van der Waals surface area contributed by atoms with Gasteiger partial charge in [-0.05, 0) is 17.7 Å². The third-order valence-corrected chi connectivity index (χ3v) is 2.76. The van der Waals surface area contributed by atoms with Crippen LogP contribution in [-0.2, 0) is 6.42 Å². The van der Waals surface area contributed by atoms with Crippen molar-refractivity contribution in [3.8, 4) is 0 Å². The molecule has 1 N–H and O–H groups in total. The fourth-order valence-corrected chi connectivity index (χ4v) is 1.98. The molecule has 0 saturated heterocycles. The Morgan fingerprint density at radius 3 is 2.79 bits per heavy atom. The molecule has 72 valence electrons. The van der Waals surface area contributed by atoms with E-state index in [9.17, 15) is 0 Å². The molecule has 0 fully saturated rings. The van der Waals surface area contributed by atoms with Gasteiger partial charge in [0.15, 0.2) is 0 Å². The number of benzene rings is 1. The Morgan fingerprint density at radius 1 is 1.43 bits per heavy atom. The Balaban J connectivity index is 2.88. The van der Waals surface area contributed by atoms with Crippen LogP contribution in [0.3, 0.4) is 0 Å². The van der Waals surface area contributed by atoms with Gasteiger partial charge in [-0.25, -0.2) is 0 Å². The molecule has 0 bridgehead atoms. The first kappa shape index (κ1) is 11.4. The summed E-state index contributed by atoms with van der Waals surface area (Å²) in [7, 11) is 5.53. The van der Waals surface area contributed by atoms with Crippen LogP contribution in [0.1, 0.15) is 18.1 Å². The lowest BCUT2D eigenvalue weighted by Gasteiger charge is -2.08. The van der Waals surface area contributed by atoms with E-state index in [1.165, 1.54) is 5.56 Å². The van der Waals surface area contributed by atoms with Gasteiger partial charge < -0.3 is 0 Å². The number of thioether (sulfide) groups is 1. The zero-order chi connectivity index (χ0) is 10.4. The van der Waals surface area contributed by atoms with E-state index < -0.39 is 0 Å². The van der Waals surface area contributed by atoms with E-state index in [4.69, 9.17) is 13.3 Å². The predicted octanol–water partition coefficient (Wildman–Crippen LogP) is 2.89. The highest BCUT2D eigenvalue weighted by Gasteiger charge is 2.05. The van der Waals surface area contributed by atoms with Gasteiger partial charge >= 0.3 is 0 Å². The van der Waals surface area contributed by atoms with E-state index >= 15 is 0 Å². The first-order chi connectivity index (χ1) is 6.79. The summed E-state index contributed by atoms with van der Waals surface area (Å²) in [6.07, 6.45) is 1.49. The van der Waals surface area contributed by atoms with Gasteiger partial charge in [-0.1, -0.05) is 37.5 Å². The third-order valence-electron chi connectivity index (χ3n) is 1.96. The number of hydrogen-bond acceptors (Lipinski definition) is 2. The second-order valence-corrected chi connectivity index (χ2v) is 4.23. The smallest absolute Gasteiger partial charge is 0.0945 e. The Hall–Kier alpha value is -0.695. The Labute approximate surface area is 91.2 Å². The van der Waals surface area contributed by atoms with Crippen molar-refractivity contribution in [2.45, 2.75) is 19.7 Å². The van der Waals surface area contributed by atoms with Gasteiger partial charge in [0.25, 0.3) is 0 Å². The monoisotopic (exact) mass is 203 g/mol. The van der Waals surface area contributed by atoms with Gasteiger partial charge in [0.2, 0.25) is 0 Å². The van der Waals surface area contributed by atoms with Gasteiger partial charge in [-0.3, -0.25) is 5.41 Å². The molecule has 0 aromatic heterocycles. The summed E-state index contributed by atoms with van der Waals surface area (Å²) in [5.41, 5.74) is 2.21. The molecular formula is C11H14BNS. The molecule has 1 aromatic rings. The Kier molecular flexibility index (Phi) is 4.81. The average molecular weight is 203 g/mol. The van der Waals surface area contributed by atoms with Crippen molar-refractivity contribution in [2.75, 3.05) is 5.75 Å². The summed E-state index contributed by atoms with van der Waals surface area (Å²) in [6.45, 7) is 2.06. The number of nitrogens with one attached hydrogen (secondary N) is 1. The van der Waals surface area contributed by atoms with Crippen molar-refractivity contribution in [3.05, 3.63) is 35.4 Å². The topological polar surface area (TPSA) is 23.9 Å². The van der Waals surface area contributed by atoms with Crippen LogP contribution in [0.2, 0.25) is 6.32 Å². The molecule has 0 spiro atoms. The standard InChI is InChI=1S/C11H14BNS/c1-2-14-11(13)10-6-4-3-5-9(10)7-8-12/h3-6,13H,2,7-8H2,1H3. The van der Waals surface area contributed by atoms with Gasteiger partial charge in [-0.15, -0.1) is 11.8 Å². The van der Waals surface area contributed by atoms with Crippen LogP contribution in [0.5, 0.6) is 0 Å². The molecule has 1 rings (SSSR count). The highest BCUT2D eigenvalue weighted by molar-refractivity contribution is 8.14. The number of rotatable bonds is 4. The predicted molar refractivity (Wildman–Crippen MR) is 65.7 cm³/mol. The number of hydrogen-bond donors (Lipinski definition) is 1. The third kappa shape index (κ3) is 2.91. The highest BCUT2D eigenvalue weighted by atomic mass is 32.2. The summed E-state index contributed by atoms with van der Waals surface area (Å²) in [5.74, 6) is 0.940. The maximum Gasteiger partial charge on any atom is 0.0945 e. The van der Waals surface area contributed by atoms with Crippen LogP contribution in [0.25, 0.3) is 0 Å². The summed E-state index contributed by atoms with van der Waals surface area (Å²) in [4.78, 5) is 0. The van der Waals surface area contributed by atoms with Crippen LogP contribution in [0.15, 0.2) is 24.3 Å². The van der Waals surface area contributed by atoms with Crippen LogP contribution in [0.4, 0.5) is 0 Å². The molecule has 0 unspecified atom stereocenters. The summed E-state index contributed by atoms with van der Waals surface area (Å²) in [5, 5.41) is 8.52. The summed E-state index contributed by atoms with van der Waals surface area (Å²) < 4.78 is 0. The van der Waals surface area contributed by atoms with Crippen LogP contribution < -0.4 is 0 Å². The first-order valence-electron chi connectivity index (χ1n) is 4.79. The lowest BCUT2D eigenvalue weighted by molar-refractivity contribution is 1.13. The van der Waals surface area contributed by atoms with Crippen LogP contribution in [0, 0.1) is 5.41 Å². The second-order valence-electron chi connectivity index (χ2n) is 2.96. The minimum atomic E-state index is 0.640. The molecule has 2 radical (unpaired) electrons. The van der Waals surface area contributed by atoms with Crippen molar-refractivity contribution in [1.29, 1.82) is 5.41 Å². The van der Waals surface area contributed by atoms with Crippen LogP contribution >= 0.6 is 11.8 Å². The van der Waals surface area contributed by atoms with Gasteiger partial charge in [0.1, 0.15) is 0 Å². The normalized spacial score (nSPS) is 10.1. The van der Waals surface area contributed by atoms with Gasteiger partial charge in [0.05, 0.1) is 12.9 Å². The largest absolute Gasteiger partial charge is 0.293 e. The van der Waals surface area contributed by atoms with Gasteiger partial charge in [-0.2, -0.15) is 0 Å². The van der Waals surface area contributed by atoms with Crippen molar-refractivity contribution < 1.29 is 0 Å². The maximum atomic E-state index is 7.87. The summed E-state index contributed by atoms with van der Waals surface area (Å²) in [6, 6.07) is 8.02. The van der Waals surface area contributed by atoms with Crippen molar-refractivity contribution in [3.63, 3.8) is 0 Å². The fourth-order valence-electron chi connectivity index (χ4n) is 1.34. The molecule has 1 nitrogen and oxygen atoms in total. The molecule has 0 aliphatic carbocycles. The molecule has 0 atom stereocenters. The first-order valence-corrected chi connectivity index (χ1v) is 5.77. The van der Waals surface area contributed by atoms with Crippen molar-refractivity contribution in [2.24, 2.45) is 0 Å². The zero-order valence-electron chi connectivity index (χ0n) is 8.42. The van der Waals surface area contributed by atoms with E-state index in [0.29, 0.717) is 11.4 Å². The van der Waals surface area contributed by atoms with Crippen molar-refractivity contribution >= 4 is 24.7 Å². The lowest BCUT2D eigenvalue weighted by atomic mass is 9.95. The van der Waals surface area contributed by atoms with E-state index in [-0.39, 0.29) is 0 Å². The van der Waals surface area contributed by atoms with E-state index in [1.807, 2.05) is 24.3 Å². The molecule has 14 heavy (non-hydrogen) atoms. The van der Waals surface area contributed by atoms with E-state index in [0.717, 1.165) is 17.7 Å². The Bertz CT molecular complexity index is 312. The Morgan fingerprint density at radius 2 is 2.14 bits per heavy atom. The minimum Gasteiger partial charge on any atom is -0.293 e. The number of aryl methyl sites for hydroxylation is 1. The molecule has 0 amide bonds. The molecule has 0 heterocycles.